The van der Waals surface area contributed by atoms with Gasteiger partial charge >= 0.3 is 5.97 Å². The van der Waals surface area contributed by atoms with E-state index < -0.39 is 5.97 Å². The predicted molar refractivity (Wildman–Crippen MR) is 174 cm³/mol. The van der Waals surface area contributed by atoms with Gasteiger partial charge in [0.25, 0.3) is 0 Å². The Morgan fingerprint density at radius 3 is 1.25 bits per heavy atom. The van der Waals surface area contributed by atoms with Gasteiger partial charge in [-0.05, 0) is 40.4 Å². The van der Waals surface area contributed by atoms with Crippen LogP contribution < -0.4 is 0 Å². The van der Waals surface area contributed by atoms with Crippen LogP contribution in [0.5, 0.6) is 5.75 Å². The van der Waals surface area contributed by atoms with E-state index in [0.717, 1.165) is 36.0 Å². The zero-order valence-electron chi connectivity index (χ0n) is 27.7. The molecule has 0 aliphatic carbocycles. The lowest BCUT2D eigenvalue weighted by Crippen LogP contribution is -2.20. The Hall–Kier alpha value is -1.51. The van der Waals surface area contributed by atoms with Crippen molar-refractivity contribution in [2.45, 2.75) is 188 Å². The highest BCUT2D eigenvalue weighted by Crippen LogP contribution is 2.40. The first-order valence-corrected chi connectivity index (χ1v) is 17.0. The number of benzene rings is 1. The maximum Gasteiger partial charge on any atom is 0.306 e. The highest BCUT2D eigenvalue weighted by atomic mass is 16.4. The van der Waals surface area contributed by atoms with Crippen LogP contribution in [0, 0.1) is 5.92 Å². The van der Waals surface area contributed by atoms with Crippen LogP contribution in [0.1, 0.15) is 187 Å². The van der Waals surface area contributed by atoms with E-state index in [2.05, 4.69) is 48.5 Å². The molecule has 232 valence electrons. The van der Waals surface area contributed by atoms with Gasteiger partial charge in [-0.1, -0.05) is 176 Å². The molecule has 0 aliphatic heterocycles. The van der Waals surface area contributed by atoms with E-state index in [1.807, 2.05) is 12.1 Å². The van der Waals surface area contributed by atoms with Crippen molar-refractivity contribution in [3.63, 3.8) is 0 Å². The second kappa shape index (κ2) is 19.6. The van der Waals surface area contributed by atoms with Gasteiger partial charge in [-0.3, -0.25) is 4.79 Å². The number of carboxylic acid groups (broad SMARTS) is 1. The molecule has 1 unspecified atom stereocenters. The number of hydrogen-bond donors (Lipinski definition) is 2. The van der Waals surface area contributed by atoms with Gasteiger partial charge in [-0.2, -0.15) is 0 Å². The molecule has 1 aromatic rings. The lowest BCUT2D eigenvalue weighted by Gasteiger charge is -2.28. The zero-order chi connectivity index (χ0) is 30.0. The van der Waals surface area contributed by atoms with Crippen molar-refractivity contribution in [3.8, 4) is 5.75 Å². The Balaban J connectivity index is 2.27. The smallest absolute Gasteiger partial charge is 0.306 e. The fourth-order valence-electron chi connectivity index (χ4n) is 5.85. The van der Waals surface area contributed by atoms with E-state index in [1.54, 1.807) is 0 Å². The van der Waals surface area contributed by atoms with E-state index in [0.29, 0.717) is 12.2 Å². The summed E-state index contributed by atoms with van der Waals surface area (Å²) in [7, 11) is 0. The van der Waals surface area contributed by atoms with Crippen molar-refractivity contribution in [1.29, 1.82) is 0 Å². The summed E-state index contributed by atoms with van der Waals surface area (Å²) in [6.07, 6.45) is 25.4. The molecule has 0 saturated carbocycles. The summed E-state index contributed by atoms with van der Waals surface area (Å²) in [5, 5.41) is 20.9. The quantitative estimate of drug-likeness (QED) is 0.139. The molecule has 0 fully saturated rings. The van der Waals surface area contributed by atoms with Gasteiger partial charge in [0.1, 0.15) is 5.75 Å². The van der Waals surface area contributed by atoms with Crippen LogP contribution in [-0.4, -0.2) is 16.2 Å². The molecule has 40 heavy (non-hydrogen) atoms. The van der Waals surface area contributed by atoms with Crippen molar-refractivity contribution in [3.05, 3.63) is 28.8 Å². The zero-order valence-corrected chi connectivity index (χ0v) is 27.7. The third-order valence-corrected chi connectivity index (χ3v) is 8.52. The fraction of sp³-hybridized carbons (Fsp3) is 0.811. The average molecular weight is 559 g/mol. The van der Waals surface area contributed by atoms with Crippen molar-refractivity contribution in [1.82, 2.24) is 0 Å². The van der Waals surface area contributed by atoms with E-state index in [4.69, 9.17) is 0 Å². The number of carboxylic acids is 1. The highest BCUT2D eigenvalue weighted by Gasteiger charge is 2.28. The Morgan fingerprint density at radius 2 is 0.950 bits per heavy atom. The number of carbonyl (C=O) groups is 1. The maximum atomic E-state index is 12.1. The molecule has 3 heteroatoms. The number of rotatable bonds is 22. The summed E-state index contributed by atoms with van der Waals surface area (Å²) < 4.78 is 0. The first-order valence-electron chi connectivity index (χ1n) is 17.0. The molecule has 0 aromatic heterocycles. The fourth-order valence-corrected chi connectivity index (χ4v) is 5.85. The third kappa shape index (κ3) is 15.5. The highest BCUT2D eigenvalue weighted by molar-refractivity contribution is 5.70. The van der Waals surface area contributed by atoms with Crippen LogP contribution in [-0.2, 0) is 22.0 Å². The van der Waals surface area contributed by atoms with Crippen LogP contribution in [0.15, 0.2) is 12.1 Å². The van der Waals surface area contributed by atoms with Gasteiger partial charge in [-0.15, -0.1) is 0 Å². The van der Waals surface area contributed by atoms with Gasteiger partial charge in [0.15, 0.2) is 0 Å². The summed E-state index contributed by atoms with van der Waals surface area (Å²) >= 11 is 0. The van der Waals surface area contributed by atoms with Crippen LogP contribution in [0.25, 0.3) is 0 Å². The first-order chi connectivity index (χ1) is 18.9. The van der Waals surface area contributed by atoms with E-state index in [-0.39, 0.29) is 16.7 Å². The number of hydrogen-bond acceptors (Lipinski definition) is 2. The number of phenols is 1. The lowest BCUT2D eigenvalue weighted by molar-refractivity contribution is -0.142. The first kappa shape index (κ1) is 36.5. The standard InChI is InChI=1S/C37H66O3/c1-8-9-10-11-12-13-14-15-16-17-18-19-20-21-22-23-24-25-26-31(35(39)40)27-30-28-32(36(2,3)4)34(38)33(29-30)37(5,6)7/h28-29,31,38H,8-27H2,1-7H3,(H,39,40). The molecular formula is C37H66O3. The molecule has 0 bridgehead atoms. The van der Waals surface area contributed by atoms with E-state index in [1.165, 1.54) is 103 Å². The van der Waals surface area contributed by atoms with E-state index >= 15 is 0 Å². The van der Waals surface area contributed by atoms with Crippen molar-refractivity contribution in [2.24, 2.45) is 5.92 Å². The number of aromatic hydroxyl groups is 1. The summed E-state index contributed by atoms with van der Waals surface area (Å²) in [5.41, 5.74) is 2.44. The van der Waals surface area contributed by atoms with Gasteiger partial charge in [-0.25, -0.2) is 0 Å². The van der Waals surface area contributed by atoms with Crippen molar-refractivity contribution >= 4 is 5.97 Å². The second-order valence-electron chi connectivity index (χ2n) is 14.6. The maximum absolute atomic E-state index is 12.1. The van der Waals surface area contributed by atoms with Crippen molar-refractivity contribution in [2.75, 3.05) is 0 Å². The molecule has 0 spiro atoms. The SMILES string of the molecule is CCCCCCCCCCCCCCCCCCCCC(Cc1cc(C(C)(C)C)c(O)c(C(C)(C)C)c1)C(=O)O. The van der Waals surface area contributed by atoms with Crippen LogP contribution in [0.2, 0.25) is 0 Å². The lowest BCUT2D eigenvalue weighted by atomic mass is 9.77. The minimum Gasteiger partial charge on any atom is -0.507 e. The third-order valence-electron chi connectivity index (χ3n) is 8.52. The molecule has 1 atom stereocenters. The minimum atomic E-state index is -0.699. The summed E-state index contributed by atoms with van der Waals surface area (Å²) in [6.45, 7) is 14.9. The minimum absolute atomic E-state index is 0.202. The topological polar surface area (TPSA) is 57.5 Å². The molecule has 0 saturated heterocycles. The summed E-state index contributed by atoms with van der Waals surface area (Å²) in [4.78, 5) is 12.1. The average Bonchev–Trinajstić information content (AvgIpc) is 2.86. The summed E-state index contributed by atoms with van der Waals surface area (Å²) in [6, 6.07) is 4.08. The molecule has 0 aliphatic rings. The predicted octanol–water partition coefficient (Wildman–Crippen LogP) is 11.7. The summed E-state index contributed by atoms with van der Waals surface area (Å²) in [5.74, 6) is -0.708. The van der Waals surface area contributed by atoms with Gasteiger partial charge in [0.2, 0.25) is 0 Å². The van der Waals surface area contributed by atoms with Crippen LogP contribution in [0.4, 0.5) is 0 Å². The largest absolute Gasteiger partial charge is 0.507 e. The Labute approximate surface area is 248 Å². The number of aliphatic carboxylic acids is 1. The molecule has 3 nitrogen and oxygen atoms in total. The molecule has 0 amide bonds. The van der Waals surface area contributed by atoms with Crippen LogP contribution >= 0.6 is 0 Å². The molecule has 0 radical (unpaired) electrons. The second-order valence-corrected chi connectivity index (χ2v) is 14.6. The van der Waals surface area contributed by atoms with Gasteiger partial charge in [0, 0.05) is 0 Å². The number of unbranched alkanes of at least 4 members (excludes halogenated alkanes) is 17. The van der Waals surface area contributed by atoms with Gasteiger partial charge in [0.05, 0.1) is 5.92 Å². The molecule has 1 aromatic carbocycles. The molecule has 1 rings (SSSR count). The Morgan fingerprint density at radius 1 is 0.625 bits per heavy atom. The van der Waals surface area contributed by atoms with Crippen LogP contribution in [0.3, 0.4) is 0 Å². The molecule has 2 N–H and O–H groups in total. The molecular weight excluding hydrogens is 492 g/mol. The normalized spacial score (nSPS) is 13.1. The van der Waals surface area contributed by atoms with E-state index in [9.17, 15) is 15.0 Å². The van der Waals surface area contributed by atoms with Gasteiger partial charge < -0.3 is 10.2 Å². The number of phenolic OH excluding ortho intramolecular Hbond substituents is 1. The Bertz CT molecular complexity index is 777. The Kier molecular flexibility index (Phi) is 17.9. The molecule has 0 heterocycles. The monoisotopic (exact) mass is 559 g/mol. The van der Waals surface area contributed by atoms with Crippen molar-refractivity contribution < 1.29 is 15.0 Å².